The third-order valence-electron chi connectivity index (χ3n) is 5.55. The lowest BCUT2D eigenvalue weighted by Gasteiger charge is -2.40. The fraction of sp³-hybridized carbons (Fsp3) is 0.320. The minimum atomic E-state index is -3.75. The number of alkyl halides is 3. The number of nitrogens with one attached hydrogen (secondary N) is 1. The molecule has 0 saturated carbocycles. The lowest BCUT2D eigenvalue weighted by atomic mass is 10.1. The molecule has 38 heavy (non-hydrogen) atoms. The fourth-order valence-electron chi connectivity index (χ4n) is 3.68. The first kappa shape index (κ1) is 26.8. The maximum absolute atomic E-state index is 13.0. The number of aromatic nitrogens is 6. The average molecular weight is 528 g/mol. The summed E-state index contributed by atoms with van der Waals surface area (Å²) in [6.45, 7) is 2.58. The minimum absolute atomic E-state index is 0.210. The fourth-order valence-corrected chi connectivity index (χ4v) is 3.68. The van der Waals surface area contributed by atoms with Gasteiger partial charge in [-0.25, -0.2) is 24.0 Å². The summed E-state index contributed by atoms with van der Waals surface area (Å²) in [7, 11) is 1.77. The maximum atomic E-state index is 13.0. The normalized spacial score (nSPS) is 13.5. The highest BCUT2D eigenvalue weighted by Gasteiger charge is 2.39. The number of anilines is 4. The second-order valence-electron chi connectivity index (χ2n) is 8.21. The highest BCUT2D eigenvalue weighted by Crippen LogP contribution is 2.28. The van der Waals surface area contributed by atoms with Gasteiger partial charge < -0.3 is 20.7 Å². The van der Waals surface area contributed by atoms with Gasteiger partial charge in [-0.3, -0.25) is 0 Å². The topological polar surface area (TPSA) is 120 Å². The second-order valence-corrected chi connectivity index (χ2v) is 8.21. The van der Waals surface area contributed by atoms with E-state index in [0.29, 0.717) is 23.2 Å². The van der Waals surface area contributed by atoms with Gasteiger partial charge in [0.1, 0.15) is 5.82 Å². The first-order chi connectivity index (χ1) is 18.3. The number of nitrogen functional groups attached to an aromatic ring is 1. The van der Waals surface area contributed by atoms with Crippen LogP contribution in [0.4, 0.5) is 36.6 Å². The molecule has 1 saturated heterocycles. The Morgan fingerprint density at radius 1 is 1.03 bits per heavy atom. The molecule has 10 nitrogen and oxygen atoms in total. The zero-order valence-electron chi connectivity index (χ0n) is 21.1. The van der Waals surface area contributed by atoms with E-state index in [-0.39, 0.29) is 19.0 Å². The van der Waals surface area contributed by atoms with Crippen molar-refractivity contribution < 1.29 is 17.9 Å². The number of aryl methyl sites for hydroxylation is 1. The van der Waals surface area contributed by atoms with Crippen LogP contribution >= 0.6 is 0 Å². The number of ether oxygens (including phenoxy) is 1. The van der Waals surface area contributed by atoms with E-state index in [1.807, 2.05) is 38.1 Å². The highest BCUT2D eigenvalue weighted by atomic mass is 19.3. The van der Waals surface area contributed by atoms with Crippen LogP contribution in [-0.4, -0.2) is 61.7 Å². The van der Waals surface area contributed by atoms with Crippen LogP contribution in [0.1, 0.15) is 13.8 Å². The van der Waals surface area contributed by atoms with Gasteiger partial charge in [0.15, 0.2) is 12.5 Å². The Balaban J connectivity index is 0.00000164. The van der Waals surface area contributed by atoms with E-state index in [2.05, 4.69) is 35.1 Å². The smallest absolute Gasteiger partial charge is 0.368 e. The molecule has 1 fully saturated rings. The monoisotopic (exact) mass is 527 g/mol. The van der Waals surface area contributed by atoms with Gasteiger partial charge in [0.2, 0.25) is 11.9 Å². The zero-order valence-corrected chi connectivity index (χ0v) is 21.1. The summed E-state index contributed by atoms with van der Waals surface area (Å²) in [5, 5.41) is 7.67. The molecule has 1 aliphatic heterocycles. The van der Waals surface area contributed by atoms with Crippen LogP contribution in [0.2, 0.25) is 0 Å². The molecule has 0 unspecified atom stereocenters. The van der Waals surface area contributed by atoms with E-state index in [9.17, 15) is 13.2 Å². The van der Waals surface area contributed by atoms with Gasteiger partial charge in [-0.2, -0.15) is 13.8 Å². The molecule has 5 rings (SSSR count). The Labute approximate surface area is 217 Å². The van der Waals surface area contributed by atoms with E-state index >= 15 is 0 Å². The number of nitrogens with two attached hydrogens (primary N) is 1. The maximum Gasteiger partial charge on any atom is 0.384 e. The molecular weight excluding hydrogens is 499 g/mol. The molecule has 3 N–H and O–H groups in total. The number of hydrogen-bond acceptors (Lipinski definition) is 9. The van der Waals surface area contributed by atoms with E-state index in [0.717, 1.165) is 16.9 Å². The van der Waals surface area contributed by atoms with E-state index in [4.69, 9.17) is 5.73 Å². The van der Waals surface area contributed by atoms with Crippen LogP contribution in [0.25, 0.3) is 22.6 Å². The number of pyridine rings is 1. The van der Waals surface area contributed by atoms with Crippen molar-refractivity contribution in [2.24, 2.45) is 7.05 Å². The predicted octanol–water partition coefficient (Wildman–Crippen LogP) is 4.45. The third-order valence-corrected chi connectivity index (χ3v) is 5.55. The first-order valence-corrected chi connectivity index (χ1v) is 12.0. The van der Waals surface area contributed by atoms with Crippen LogP contribution < -0.4 is 16.0 Å². The van der Waals surface area contributed by atoms with Gasteiger partial charge in [0.25, 0.3) is 0 Å². The molecule has 0 bridgehead atoms. The van der Waals surface area contributed by atoms with E-state index in [1.54, 1.807) is 47.2 Å². The predicted molar refractivity (Wildman–Crippen MR) is 139 cm³/mol. The molecule has 4 aromatic rings. The summed E-state index contributed by atoms with van der Waals surface area (Å²) in [5.41, 5.74) is 8.78. The quantitative estimate of drug-likeness (QED) is 0.342. The van der Waals surface area contributed by atoms with Crippen molar-refractivity contribution >= 4 is 23.4 Å². The molecule has 0 spiro atoms. The molecule has 0 aliphatic carbocycles. The van der Waals surface area contributed by atoms with E-state index < -0.39 is 18.9 Å². The van der Waals surface area contributed by atoms with Gasteiger partial charge in [0.05, 0.1) is 11.8 Å². The number of nitrogens with zero attached hydrogens (tertiary/aromatic N) is 7. The molecule has 200 valence electrons. The van der Waals surface area contributed by atoms with Gasteiger partial charge in [-0.1, -0.05) is 26.0 Å². The summed E-state index contributed by atoms with van der Waals surface area (Å²) in [6.07, 6.45) is -1.27. The molecule has 0 atom stereocenters. The van der Waals surface area contributed by atoms with Crippen molar-refractivity contribution in [3.05, 3.63) is 54.9 Å². The molecule has 0 radical (unpaired) electrons. The van der Waals surface area contributed by atoms with Gasteiger partial charge in [0, 0.05) is 49.3 Å². The van der Waals surface area contributed by atoms with Crippen LogP contribution in [0.15, 0.2) is 54.9 Å². The summed E-state index contributed by atoms with van der Waals surface area (Å²) in [6, 6.07) is 12.9. The standard InChI is InChI=1S/C23H22F3N9O.C2H6/c1-34-22(30-16-5-2-14(3-6-16)18-8-9-28-21(27)31-18)32-20(33-34)15-4-7-19(29-10-15)35-11-17(12-35)36-23(25,26)13-24;1-2/h2-10,17H,11-13H2,1H3,(H2,27,28,31)(H,30,32,33);1-2H3. The summed E-state index contributed by atoms with van der Waals surface area (Å²) >= 11 is 0. The van der Waals surface area contributed by atoms with Crippen molar-refractivity contribution in [3.63, 3.8) is 0 Å². The van der Waals surface area contributed by atoms with Crippen molar-refractivity contribution in [2.75, 3.05) is 35.7 Å². The Kier molecular flexibility index (Phi) is 8.05. The summed E-state index contributed by atoms with van der Waals surface area (Å²) in [5.74, 6) is 1.82. The Morgan fingerprint density at radius 2 is 1.74 bits per heavy atom. The molecule has 0 amide bonds. The number of rotatable bonds is 8. The SMILES string of the molecule is CC.Cn1nc(-c2ccc(N3CC(OC(F)(F)CF)C3)nc2)nc1Nc1ccc(-c2ccnc(N)n2)cc1. The number of hydrogen-bond donors (Lipinski definition) is 2. The molecule has 3 aromatic heterocycles. The first-order valence-electron chi connectivity index (χ1n) is 12.0. The van der Waals surface area contributed by atoms with Crippen molar-refractivity contribution in [2.45, 2.75) is 26.1 Å². The van der Waals surface area contributed by atoms with Crippen LogP contribution in [0, 0.1) is 0 Å². The average Bonchev–Trinajstić information content (AvgIpc) is 3.27. The third kappa shape index (κ3) is 6.17. The van der Waals surface area contributed by atoms with Crippen LogP contribution in [-0.2, 0) is 11.8 Å². The van der Waals surface area contributed by atoms with Crippen LogP contribution in [0.5, 0.6) is 0 Å². The van der Waals surface area contributed by atoms with Gasteiger partial charge in [-0.15, -0.1) is 5.10 Å². The van der Waals surface area contributed by atoms with Gasteiger partial charge >= 0.3 is 6.11 Å². The largest absolute Gasteiger partial charge is 0.384 e. The number of halogens is 3. The van der Waals surface area contributed by atoms with Crippen molar-refractivity contribution in [3.8, 4) is 22.6 Å². The van der Waals surface area contributed by atoms with Crippen molar-refractivity contribution in [1.29, 1.82) is 0 Å². The van der Waals surface area contributed by atoms with Crippen LogP contribution in [0.3, 0.4) is 0 Å². The van der Waals surface area contributed by atoms with E-state index in [1.165, 1.54) is 0 Å². The lowest BCUT2D eigenvalue weighted by molar-refractivity contribution is -0.272. The molecule has 4 heterocycles. The molecule has 13 heteroatoms. The highest BCUT2D eigenvalue weighted by molar-refractivity contribution is 5.66. The lowest BCUT2D eigenvalue weighted by Crippen LogP contribution is -2.55. The minimum Gasteiger partial charge on any atom is -0.368 e. The Morgan fingerprint density at radius 3 is 2.37 bits per heavy atom. The summed E-state index contributed by atoms with van der Waals surface area (Å²) in [4.78, 5) is 18.8. The molecule has 1 aromatic carbocycles. The number of benzene rings is 1. The Hall–Kier alpha value is -4.26. The molecular formula is C25H28F3N9O. The van der Waals surface area contributed by atoms with Gasteiger partial charge in [-0.05, 0) is 30.3 Å². The Bertz CT molecular complexity index is 1340. The van der Waals surface area contributed by atoms with Crippen molar-refractivity contribution in [1.82, 2.24) is 29.7 Å². The second kappa shape index (κ2) is 11.4. The molecule has 1 aliphatic rings. The summed E-state index contributed by atoms with van der Waals surface area (Å²) < 4.78 is 44.3. The zero-order chi connectivity index (χ0) is 27.3.